The van der Waals surface area contributed by atoms with E-state index in [2.05, 4.69) is 10.5 Å². The average Bonchev–Trinajstić information content (AvgIpc) is 2.86. The highest BCUT2D eigenvalue weighted by molar-refractivity contribution is 5.92. The summed E-state index contributed by atoms with van der Waals surface area (Å²) in [5, 5.41) is 3.96. The van der Waals surface area contributed by atoms with Crippen molar-refractivity contribution in [1.29, 1.82) is 0 Å². The maximum Gasteiger partial charge on any atom is 0.343 e. The third-order valence-electron chi connectivity index (χ3n) is 4.73. The molecule has 0 radical (unpaired) electrons. The molecule has 0 aliphatic heterocycles. The summed E-state index contributed by atoms with van der Waals surface area (Å²) in [7, 11) is 0. The Balaban J connectivity index is 1.59. The van der Waals surface area contributed by atoms with Gasteiger partial charge in [0.05, 0.1) is 25.0 Å². The molecule has 0 heterocycles. The van der Waals surface area contributed by atoms with Crippen molar-refractivity contribution in [1.82, 2.24) is 5.43 Å². The van der Waals surface area contributed by atoms with Gasteiger partial charge >= 0.3 is 5.97 Å². The highest BCUT2D eigenvalue weighted by Gasteiger charge is 2.13. The van der Waals surface area contributed by atoms with E-state index in [-0.39, 0.29) is 12.4 Å². The van der Waals surface area contributed by atoms with E-state index < -0.39 is 11.9 Å². The maximum atomic E-state index is 12.6. The molecule has 1 amide bonds. The van der Waals surface area contributed by atoms with Crippen molar-refractivity contribution in [3.05, 3.63) is 83.4 Å². The van der Waals surface area contributed by atoms with E-state index in [0.717, 1.165) is 5.56 Å². The number of amides is 1. The molecule has 0 spiro atoms. The number of nitrogens with one attached hydrogen (secondary N) is 1. The van der Waals surface area contributed by atoms with Gasteiger partial charge in [0.2, 0.25) is 0 Å². The second-order valence-electron chi connectivity index (χ2n) is 7.33. The SMILES string of the molecule is CCOc1ccc(C(=O)Oc2ccc(/C=N/NC(=O)COc3ccccc3C)cc2OCC)cc1. The summed E-state index contributed by atoms with van der Waals surface area (Å²) in [5.74, 6) is 1.06. The topological polar surface area (TPSA) is 95.5 Å². The number of ether oxygens (including phenoxy) is 4. The zero-order valence-corrected chi connectivity index (χ0v) is 19.9. The second-order valence-corrected chi connectivity index (χ2v) is 7.33. The number of para-hydroxylation sites is 1. The summed E-state index contributed by atoms with van der Waals surface area (Å²) in [6.45, 7) is 6.38. The number of rotatable bonds is 11. The number of carbonyl (C=O) groups excluding carboxylic acids is 2. The lowest BCUT2D eigenvalue weighted by Crippen LogP contribution is -2.24. The summed E-state index contributed by atoms with van der Waals surface area (Å²) in [6, 6.07) is 19.1. The summed E-state index contributed by atoms with van der Waals surface area (Å²) in [6.07, 6.45) is 1.46. The normalized spacial score (nSPS) is 10.6. The first-order chi connectivity index (χ1) is 17.0. The number of nitrogens with zero attached hydrogens (tertiary/aromatic N) is 1. The third kappa shape index (κ3) is 7.60. The van der Waals surface area contributed by atoms with E-state index in [4.69, 9.17) is 18.9 Å². The van der Waals surface area contributed by atoms with Gasteiger partial charge in [0.1, 0.15) is 11.5 Å². The highest BCUT2D eigenvalue weighted by Crippen LogP contribution is 2.29. The van der Waals surface area contributed by atoms with Crippen molar-refractivity contribution in [3.63, 3.8) is 0 Å². The third-order valence-corrected chi connectivity index (χ3v) is 4.73. The lowest BCUT2D eigenvalue weighted by Gasteiger charge is -2.11. The molecule has 35 heavy (non-hydrogen) atoms. The molecule has 0 bridgehead atoms. The smallest absolute Gasteiger partial charge is 0.343 e. The van der Waals surface area contributed by atoms with Gasteiger partial charge in [-0.3, -0.25) is 4.79 Å². The van der Waals surface area contributed by atoms with E-state index in [0.29, 0.717) is 41.6 Å². The van der Waals surface area contributed by atoms with Gasteiger partial charge in [-0.05, 0) is 80.4 Å². The number of hydrazone groups is 1. The van der Waals surface area contributed by atoms with E-state index in [1.54, 1.807) is 48.5 Å². The van der Waals surface area contributed by atoms with Crippen LogP contribution in [0.2, 0.25) is 0 Å². The summed E-state index contributed by atoms with van der Waals surface area (Å²) < 4.78 is 22.0. The molecule has 0 aliphatic carbocycles. The number of benzene rings is 3. The van der Waals surface area contributed by atoms with E-state index in [1.165, 1.54) is 6.21 Å². The van der Waals surface area contributed by atoms with Crippen LogP contribution in [0.5, 0.6) is 23.0 Å². The van der Waals surface area contributed by atoms with Gasteiger partial charge in [-0.25, -0.2) is 10.2 Å². The molecular formula is C27H28N2O6. The minimum atomic E-state index is -0.517. The molecule has 0 fully saturated rings. The number of esters is 1. The van der Waals surface area contributed by atoms with E-state index in [9.17, 15) is 9.59 Å². The Morgan fingerprint density at radius 2 is 1.60 bits per heavy atom. The predicted molar refractivity (Wildman–Crippen MR) is 133 cm³/mol. The molecule has 0 unspecified atom stereocenters. The average molecular weight is 477 g/mol. The van der Waals surface area contributed by atoms with Crippen LogP contribution >= 0.6 is 0 Å². The molecule has 0 atom stereocenters. The zero-order chi connectivity index (χ0) is 25.0. The Bertz CT molecular complexity index is 1170. The van der Waals surface area contributed by atoms with Crippen LogP contribution in [-0.4, -0.2) is 37.9 Å². The standard InChI is InChI=1S/C27H28N2O6/c1-4-32-22-13-11-21(12-14-22)27(31)35-24-15-10-20(16-25(24)33-5-2)17-28-29-26(30)18-34-23-9-7-6-8-19(23)3/h6-17H,4-5,18H2,1-3H3,(H,29,30)/b28-17+. The number of aryl methyl sites for hydroxylation is 1. The predicted octanol–water partition coefficient (Wildman–Crippen LogP) is 4.54. The van der Waals surface area contributed by atoms with Crippen LogP contribution in [0, 0.1) is 6.92 Å². The first kappa shape index (κ1) is 25.3. The van der Waals surface area contributed by atoms with Gasteiger partial charge in [0.25, 0.3) is 5.91 Å². The van der Waals surface area contributed by atoms with E-state index >= 15 is 0 Å². The van der Waals surface area contributed by atoms with Crippen LogP contribution < -0.4 is 24.4 Å². The highest BCUT2D eigenvalue weighted by atomic mass is 16.6. The molecule has 0 saturated heterocycles. The van der Waals surface area contributed by atoms with Gasteiger partial charge in [-0.1, -0.05) is 18.2 Å². The van der Waals surface area contributed by atoms with Crippen LogP contribution in [0.1, 0.15) is 35.3 Å². The van der Waals surface area contributed by atoms with Crippen LogP contribution in [0.25, 0.3) is 0 Å². The molecule has 8 heteroatoms. The van der Waals surface area contributed by atoms with Crippen molar-refractivity contribution >= 4 is 18.1 Å². The van der Waals surface area contributed by atoms with Gasteiger partial charge in [0.15, 0.2) is 18.1 Å². The molecule has 3 aromatic carbocycles. The van der Waals surface area contributed by atoms with Crippen LogP contribution in [-0.2, 0) is 4.79 Å². The van der Waals surface area contributed by atoms with Gasteiger partial charge in [-0.2, -0.15) is 5.10 Å². The van der Waals surface area contributed by atoms with Crippen molar-refractivity contribution in [2.24, 2.45) is 5.10 Å². The summed E-state index contributed by atoms with van der Waals surface area (Å²) in [4.78, 5) is 24.6. The Hall–Kier alpha value is -4.33. The first-order valence-corrected chi connectivity index (χ1v) is 11.2. The number of hydrogen-bond acceptors (Lipinski definition) is 7. The Morgan fingerprint density at radius 1 is 0.857 bits per heavy atom. The lowest BCUT2D eigenvalue weighted by atomic mass is 10.2. The van der Waals surface area contributed by atoms with E-state index in [1.807, 2.05) is 39.0 Å². The summed E-state index contributed by atoms with van der Waals surface area (Å²) in [5.41, 5.74) is 4.40. The van der Waals surface area contributed by atoms with Crippen LogP contribution in [0.3, 0.4) is 0 Å². The molecule has 0 aliphatic rings. The molecule has 0 saturated carbocycles. The Labute approximate surface area is 204 Å². The molecule has 182 valence electrons. The number of carbonyl (C=O) groups is 2. The molecule has 8 nitrogen and oxygen atoms in total. The van der Waals surface area contributed by atoms with Crippen molar-refractivity contribution in [2.75, 3.05) is 19.8 Å². The minimum Gasteiger partial charge on any atom is -0.494 e. The molecule has 3 aromatic rings. The molecule has 0 aromatic heterocycles. The monoisotopic (exact) mass is 476 g/mol. The molecule has 1 N–H and O–H groups in total. The van der Waals surface area contributed by atoms with Crippen molar-refractivity contribution in [3.8, 4) is 23.0 Å². The molecular weight excluding hydrogens is 448 g/mol. The maximum absolute atomic E-state index is 12.6. The molecule has 3 rings (SSSR count). The fourth-order valence-electron chi connectivity index (χ4n) is 3.04. The zero-order valence-electron chi connectivity index (χ0n) is 19.9. The van der Waals surface area contributed by atoms with Gasteiger partial charge in [-0.15, -0.1) is 0 Å². The second kappa shape index (κ2) is 12.8. The summed E-state index contributed by atoms with van der Waals surface area (Å²) >= 11 is 0. The van der Waals surface area contributed by atoms with Gasteiger partial charge < -0.3 is 18.9 Å². The van der Waals surface area contributed by atoms with Crippen LogP contribution in [0.4, 0.5) is 0 Å². The van der Waals surface area contributed by atoms with Crippen molar-refractivity contribution in [2.45, 2.75) is 20.8 Å². The Morgan fingerprint density at radius 3 is 2.31 bits per heavy atom. The fraction of sp³-hybridized carbons (Fsp3) is 0.222. The quantitative estimate of drug-likeness (QED) is 0.189. The van der Waals surface area contributed by atoms with Crippen LogP contribution in [0.15, 0.2) is 71.8 Å². The van der Waals surface area contributed by atoms with Gasteiger partial charge in [0, 0.05) is 0 Å². The fourth-order valence-corrected chi connectivity index (χ4v) is 3.04. The first-order valence-electron chi connectivity index (χ1n) is 11.2. The lowest BCUT2D eigenvalue weighted by molar-refractivity contribution is -0.123. The van der Waals surface area contributed by atoms with Crippen molar-refractivity contribution < 1.29 is 28.5 Å². The Kier molecular flexibility index (Phi) is 9.24. The number of hydrogen-bond donors (Lipinski definition) is 1. The minimum absolute atomic E-state index is 0.160. The largest absolute Gasteiger partial charge is 0.494 e.